The molecule has 1 aliphatic rings. The van der Waals surface area contributed by atoms with E-state index < -0.39 is 29.2 Å². The molecule has 1 fully saturated rings. The number of carbonyl (C=O) groups is 2. The summed E-state index contributed by atoms with van der Waals surface area (Å²) in [4.78, 5) is 27.6. The van der Waals surface area contributed by atoms with Crippen molar-refractivity contribution >= 4 is 18.1 Å². The molecule has 4 aromatic carbocycles. The van der Waals surface area contributed by atoms with Crippen LogP contribution in [-0.2, 0) is 38.6 Å². The number of alkyl carbamates (subject to hydrolysis) is 1. The van der Waals surface area contributed by atoms with Crippen LogP contribution in [0.4, 0.5) is 9.18 Å². The molecule has 1 unspecified atom stereocenters. The summed E-state index contributed by atoms with van der Waals surface area (Å²) in [7, 11) is 0. The van der Waals surface area contributed by atoms with E-state index in [4.69, 9.17) is 18.9 Å². The summed E-state index contributed by atoms with van der Waals surface area (Å²) in [6.45, 7) is 15.8. The van der Waals surface area contributed by atoms with E-state index in [1.165, 1.54) is 5.56 Å². The van der Waals surface area contributed by atoms with Gasteiger partial charge < -0.3 is 24.3 Å². The largest absolute Gasteiger partial charge is 0.489 e. The maximum atomic E-state index is 16.4. The third kappa shape index (κ3) is 12.3. The first-order valence-corrected chi connectivity index (χ1v) is 18.5. The second-order valence-electron chi connectivity index (χ2n) is 15.7. The highest BCUT2D eigenvalue weighted by Crippen LogP contribution is 2.31. The Balaban J connectivity index is 1.41. The molecule has 5 rings (SSSR count). The van der Waals surface area contributed by atoms with Crippen LogP contribution in [0.1, 0.15) is 82.3 Å². The Morgan fingerprint density at radius 2 is 1.63 bits per heavy atom. The lowest BCUT2D eigenvalue weighted by atomic mass is 9.95. The zero-order valence-corrected chi connectivity index (χ0v) is 32.5. The number of nitrogens with one attached hydrogen (secondary N) is 1. The van der Waals surface area contributed by atoms with Gasteiger partial charge in [-0.3, -0.25) is 9.69 Å². The van der Waals surface area contributed by atoms with Crippen molar-refractivity contribution in [3.63, 3.8) is 0 Å². The molecule has 1 aliphatic heterocycles. The van der Waals surface area contributed by atoms with Gasteiger partial charge in [0.2, 0.25) is 0 Å². The summed E-state index contributed by atoms with van der Waals surface area (Å²) in [6, 6.07) is 28.2. The van der Waals surface area contributed by atoms with Crippen molar-refractivity contribution in [3.05, 3.63) is 131 Å². The Bertz CT molecular complexity index is 1910. The second kappa shape index (κ2) is 17.9. The van der Waals surface area contributed by atoms with Gasteiger partial charge in [-0.2, -0.15) is 0 Å². The van der Waals surface area contributed by atoms with Crippen molar-refractivity contribution < 1.29 is 32.9 Å². The van der Waals surface area contributed by atoms with Crippen molar-refractivity contribution in [1.29, 1.82) is 0 Å². The average molecular weight is 737 g/mol. The van der Waals surface area contributed by atoms with Crippen molar-refractivity contribution in [3.8, 4) is 16.9 Å². The summed E-state index contributed by atoms with van der Waals surface area (Å²) in [5, 5.41) is 2.76. The summed E-state index contributed by atoms with van der Waals surface area (Å²) < 4.78 is 39.8. The first-order valence-electron chi connectivity index (χ1n) is 18.5. The van der Waals surface area contributed by atoms with E-state index in [0.717, 1.165) is 30.8 Å². The minimum absolute atomic E-state index is 0.0671. The number of nitrogens with zero attached hydrogens (tertiary/aromatic N) is 1. The summed E-state index contributed by atoms with van der Waals surface area (Å²) in [5.74, 6) is -0.218. The fourth-order valence-corrected chi connectivity index (χ4v) is 6.26. The van der Waals surface area contributed by atoms with Gasteiger partial charge in [0.05, 0.1) is 25.2 Å². The van der Waals surface area contributed by atoms with E-state index in [2.05, 4.69) is 40.6 Å². The van der Waals surface area contributed by atoms with Gasteiger partial charge in [-0.05, 0) is 95.0 Å². The maximum absolute atomic E-state index is 16.4. The number of ether oxygens (including phenoxy) is 4. The lowest BCUT2D eigenvalue weighted by Crippen LogP contribution is -2.41. The van der Waals surface area contributed by atoms with Crippen molar-refractivity contribution in [2.24, 2.45) is 0 Å². The minimum atomic E-state index is -0.685. The molecule has 0 saturated carbocycles. The van der Waals surface area contributed by atoms with Crippen LogP contribution in [0.3, 0.4) is 0 Å². The van der Waals surface area contributed by atoms with Gasteiger partial charge in [-0.1, -0.05) is 78.9 Å². The number of morpholine rings is 1. The third-order valence-electron chi connectivity index (χ3n) is 8.61. The number of hydrogen-bond donors (Lipinski definition) is 1. The molecule has 286 valence electrons. The van der Waals surface area contributed by atoms with Crippen LogP contribution in [0.2, 0.25) is 0 Å². The highest BCUT2D eigenvalue weighted by molar-refractivity contribution is 5.74. The molecule has 1 heterocycles. The molecule has 0 spiro atoms. The van der Waals surface area contributed by atoms with E-state index in [1.807, 2.05) is 75.4 Å². The summed E-state index contributed by atoms with van der Waals surface area (Å²) in [5.41, 5.74) is 3.70. The number of carbonyl (C=O) groups excluding carboxylic acids is 2. The first-order chi connectivity index (χ1) is 25.6. The Kier molecular flexibility index (Phi) is 13.3. The fraction of sp³-hybridized carbons (Fsp3) is 0.378. The van der Waals surface area contributed by atoms with Crippen LogP contribution in [0, 0.1) is 5.82 Å². The number of esters is 1. The van der Waals surface area contributed by atoms with E-state index in [1.54, 1.807) is 45.9 Å². The molecule has 0 aliphatic carbocycles. The number of amides is 1. The SMILES string of the molecule is C[C@@H](NC(=O)OC(C)(C)C)c1cccc(-c2cc(/C=C/C3CN(Cc4ccccc4)CCO3)cc(COc3ccccc3CC(=O)OC(C)(C)C)c2)c1F. The van der Waals surface area contributed by atoms with Crippen LogP contribution in [0.5, 0.6) is 5.75 Å². The van der Waals surface area contributed by atoms with Gasteiger partial charge in [0.15, 0.2) is 0 Å². The molecule has 0 radical (unpaired) electrons. The third-order valence-corrected chi connectivity index (χ3v) is 8.61. The highest BCUT2D eigenvalue weighted by atomic mass is 19.1. The smallest absolute Gasteiger partial charge is 0.408 e. The predicted molar refractivity (Wildman–Crippen MR) is 210 cm³/mol. The maximum Gasteiger partial charge on any atom is 0.408 e. The van der Waals surface area contributed by atoms with Crippen LogP contribution >= 0.6 is 0 Å². The van der Waals surface area contributed by atoms with Crippen LogP contribution < -0.4 is 10.1 Å². The molecule has 54 heavy (non-hydrogen) atoms. The highest BCUT2D eigenvalue weighted by Gasteiger charge is 2.23. The zero-order valence-electron chi connectivity index (χ0n) is 32.5. The van der Waals surface area contributed by atoms with Gasteiger partial charge in [0.25, 0.3) is 0 Å². The molecule has 1 N–H and O–H groups in total. The van der Waals surface area contributed by atoms with Crippen LogP contribution in [0.15, 0.2) is 97.1 Å². The first kappa shape index (κ1) is 40.2. The summed E-state index contributed by atoms with van der Waals surface area (Å²) >= 11 is 0. The molecule has 1 saturated heterocycles. The number of rotatable bonds is 12. The monoisotopic (exact) mass is 736 g/mol. The molecule has 9 heteroatoms. The summed E-state index contributed by atoms with van der Waals surface area (Å²) in [6.07, 6.45) is 3.39. The van der Waals surface area contributed by atoms with Crippen molar-refractivity contribution in [2.75, 3.05) is 19.7 Å². The van der Waals surface area contributed by atoms with E-state index in [9.17, 15) is 9.59 Å². The number of hydrogen-bond acceptors (Lipinski definition) is 7. The quantitative estimate of drug-likeness (QED) is 0.145. The van der Waals surface area contributed by atoms with E-state index in [0.29, 0.717) is 34.6 Å². The van der Waals surface area contributed by atoms with Crippen LogP contribution in [0.25, 0.3) is 17.2 Å². The van der Waals surface area contributed by atoms with Crippen LogP contribution in [-0.4, -0.2) is 54.0 Å². The van der Waals surface area contributed by atoms with Gasteiger partial charge >= 0.3 is 12.1 Å². The number of para-hydroxylation sites is 1. The van der Waals surface area contributed by atoms with Crippen molar-refractivity contribution in [1.82, 2.24) is 10.2 Å². The lowest BCUT2D eigenvalue weighted by molar-refractivity contribution is -0.153. The average Bonchev–Trinajstić information content (AvgIpc) is 3.09. The molecular formula is C45H53FN2O6. The molecule has 0 aromatic heterocycles. The minimum Gasteiger partial charge on any atom is -0.489 e. The molecular weight excluding hydrogens is 684 g/mol. The molecule has 2 atom stereocenters. The Morgan fingerprint density at radius 3 is 2.37 bits per heavy atom. The zero-order chi connectivity index (χ0) is 38.9. The van der Waals surface area contributed by atoms with E-state index in [-0.39, 0.29) is 25.1 Å². The standard InChI is InChI=1S/C45H53FN2O6/c1-31(47-43(50)54-45(5,6)7)38-17-13-18-39(42(38)46)36-25-33(20-21-37-29-48(22-23-51-37)28-32-14-9-8-10-15-32)24-34(26-36)30-52-40-19-12-11-16-35(40)27-41(49)53-44(2,3)4/h8-21,24-26,31,37H,22-23,27-30H2,1-7H3,(H,47,50)/b21-20+/t31-,37?/m1/s1. The molecule has 0 bridgehead atoms. The van der Waals surface area contributed by atoms with Crippen molar-refractivity contribution in [2.45, 2.75) is 91.4 Å². The Morgan fingerprint density at radius 1 is 0.907 bits per heavy atom. The van der Waals surface area contributed by atoms with E-state index >= 15 is 4.39 Å². The van der Waals surface area contributed by atoms with Gasteiger partial charge in [0, 0.05) is 36.3 Å². The lowest BCUT2D eigenvalue weighted by Gasteiger charge is -2.31. The number of halogens is 1. The predicted octanol–water partition coefficient (Wildman–Crippen LogP) is 9.46. The number of benzene rings is 4. The fourth-order valence-electron chi connectivity index (χ4n) is 6.26. The second-order valence-corrected chi connectivity index (χ2v) is 15.7. The molecule has 1 amide bonds. The Hall–Kier alpha value is -4.99. The molecule has 4 aromatic rings. The van der Waals surface area contributed by atoms with Gasteiger partial charge in [-0.15, -0.1) is 0 Å². The van der Waals surface area contributed by atoms with Gasteiger partial charge in [0.1, 0.15) is 29.4 Å². The van der Waals surface area contributed by atoms with Gasteiger partial charge in [-0.25, -0.2) is 9.18 Å². The topological polar surface area (TPSA) is 86.3 Å². The Labute approximate surface area is 319 Å². The molecule has 8 nitrogen and oxygen atoms in total. The normalized spacial score (nSPS) is 15.8.